The van der Waals surface area contributed by atoms with Crippen molar-refractivity contribution in [2.75, 3.05) is 27.8 Å². The van der Waals surface area contributed by atoms with Crippen LogP contribution in [0.15, 0.2) is 36.9 Å². The van der Waals surface area contributed by atoms with Crippen LogP contribution in [-0.2, 0) is 15.1 Å². The number of carbonyl (C=O) groups excluding carboxylic acids is 1. The van der Waals surface area contributed by atoms with Gasteiger partial charge in [0, 0.05) is 5.92 Å². The average Bonchev–Trinajstić information content (AvgIpc) is 2.84. The van der Waals surface area contributed by atoms with Crippen LogP contribution in [0.2, 0.25) is 0 Å². The molecule has 20 heavy (non-hydrogen) atoms. The number of likely N-dealkylation sites (N-methyl/N-ethyl adjacent to an activating group) is 1. The van der Waals surface area contributed by atoms with Gasteiger partial charge in [0.1, 0.15) is 5.75 Å². The van der Waals surface area contributed by atoms with E-state index in [1.165, 1.54) is 7.11 Å². The van der Waals surface area contributed by atoms with E-state index in [-0.39, 0.29) is 11.9 Å². The van der Waals surface area contributed by atoms with Crippen molar-refractivity contribution in [1.29, 1.82) is 0 Å². The summed E-state index contributed by atoms with van der Waals surface area (Å²) in [7, 11) is 5.00. The van der Waals surface area contributed by atoms with Crippen LogP contribution in [0.1, 0.15) is 12.0 Å². The first-order chi connectivity index (χ1) is 9.60. The Balaban J connectivity index is 2.56. The number of hydrogen-bond acceptors (Lipinski definition) is 4. The highest BCUT2D eigenvalue weighted by Crippen LogP contribution is 2.44. The molecule has 0 N–H and O–H groups in total. The molecular formula is C16H21NO3. The topological polar surface area (TPSA) is 38.8 Å². The molecule has 0 saturated carbocycles. The second kappa shape index (κ2) is 5.67. The number of ether oxygens (including phenoxy) is 2. The minimum atomic E-state index is -0.789. The average molecular weight is 275 g/mol. The molecule has 4 nitrogen and oxygen atoms in total. The van der Waals surface area contributed by atoms with E-state index in [0.29, 0.717) is 0 Å². The number of carbonyl (C=O) groups is 1. The van der Waals surface area contributed by atoms with Crippen LogP contribution in [-0.4, -0.2) is 38.7 Å². The van der Waals surface area contributed by atoms with E-state index in [1.54, 1.807) is 7.11 Å². The van der Waals surface area contributed by atoms with E-state index < -0.39 is 5.54 Å². The molecule has 4 heteroatoms. The molecule has 1 aromatic carbocycles. The molecule has 0 radical (unpaired) electrons. The molecule has 108 valence electrons. The molecule has 1 aliphatic heterocycles. The quantitative estimate of drug-likeness (QED) is 0.624. The van der Waals surface area contributed by atoms with Crippen molar-refractivity contribution in [3.05, 3.63) is 42.5 Å². The van der Waals surface area contributed by atoms with Gasteiger partial charge in [0.2, 0.25) is 0 Å². The lowest BCUT2D eigenvalue weighted by atomic mass is 9.78. The van der Waals surface area contributed by atoms with Crippen molar-refractivity contribution in [3.63, 3.8) is 0 Å². The first-order valence-corrected chi connectivity index (χ1v) is 6.68. The highest BCUT2D eigenvalue weighted by molar-refractivity contribution is 5.84. The van der Waals surface area contributed by atoms with Crippen molar-refractivity contribution in [3.8, 4) is 5.75 Å². The van der Waals surface area contributed by atoms with Gasteiger partial charge in [0.05, 0.1) is 14.2 Å². The summed E-state index contributed by atoms with van der Waals surface area (Å²) in [6, 6.07) is 7.58. The van der Waals surface area contributed by atoms with Crippen LogP contribution in [0.3, 0.4) is 0 Å². The Morgan fingerprint density at radius 3 is 2.55 bits per heavy atom. The standard InChI is InChI=1S/C16H21NO3/c1-5-12-10-11-17(2)16(12,15(18)20-4)13-6-8-14(19-3)9-7-13/h5-9,12H,1,10-11H2,2-4H3/t12-,16-/m0/s1. The number of methoxy groups -OCH3 is 2. The number of benzene rings is 1. The SMILES string of the molecule is C=C[C@H]1CCN(C)[C@]1(C(=O)OC)c1ccc(OC)cc1. The van der Waals surface area contributed by atoms with Crippen LogP contribution in [0, 0.1) is 5.92 Å². The fourth-order valence-corrected chi connectivity index (χ4v) is 3.15. The van der Waals surface area contributed by atoms with E-state index >= 15 is 0 Å². The molecule has 2 atom stereocenters. The fraction of sp³-hybridized carbons (Fsp3) is 0.438. The molecule has 2 rings (SSSR count). The van der Waals surface area contributed by atoms with Gasteiger partial charge in [-0.3, -0.25) is 4.90 Å². The van der Waals surface area contributed by atoms with Crippen molar-refractivity contribution >= 4 is 5.97 Å². The summed E-state index contributed by atoms with van der Waals surface area (Å²) < 4.78 is 10.3. The Kier molecular flexibility index (Phi) is 4.14. The largest absolute Gasteiger partial charge is 0.497 e. The summed E-state index contributed by atoms with van der Waals surface area (Å²) in [6.45, 7) is 4.72. The summed E-state index contributed by atoms with van der Waals surface area (Å²) in [4.78, 5) is 14.6. The first kappa shape index (κ1) is 14.6. The predicted molar refractivity (Wildman–Crippen MR) is 77.6 cm³/mol. The van der Waals surface area contributed by atoms with Gasteiger partial charge in [-0.2, -0.15) is 0 Å². The minimum absolute atomic E-state index is 0.0355. The second-order valence-corrected chi connectivity index (χ2v) is 5.04. The third kappa shape index (κ3) is 2.00. The summed E-state index contributed by atoms with van der Waals surface area (Å²) in [6.07, 6.45) is 2.74. The molecule has 1 aliphatic rings. The Morgan fingerprint density at radius 1 is 1.40 bits per heavy atom. The van der Waals surface area contributed by atoms with Gasteiger partial charge in [-0.25, -0.2) is 4.79 Å². The number of esters is 1. The lowest BCUT2D eigenvalue weighted by Gasteiger charge is -2.37. The molecular weight excluding hydrogens is 254 g/mol. The smallest absolute Gasteiger partial charge is 0.331 e. The molecule has 1 heterocycles. The zero-order chi connectivity index (χ0) is 14.8. The Morgan fingerprint density at radius 2 is 2.05 bits per heavy atom. The van der Waals surface area contributed by atoms with Gasteiger partial charge in [0.15, 0.2) is 5.54 Å². The monoisotopic (exact) mass is 275 g/mol. The van der Waals surface area contributed by atoms with Crippen molar-refractivity contribution in [2.45, 2.75) is 12.0 Å². The summed E-state index contributed by atoms with van der Waals surface area (Å²) >= 11 is 0. The molecule has 0 amide bonds. The Bertz CT molecular complexity index is 497. The highest BCUT2D eigenvalue weighted by atomic mass is 16.5. The van der Waals surface area contributed by atoms with E-state index in [1.807, 2.05) is 42.3 Å². The van der Waals surface area contributed by atoms with E-state index in [9.17, 15) is 4.79 Å². The fourth-order valence-electron chi connectivity index (χ4n) is 3.15. The van der Waals surface area contributed by atoms with Gasteiger partial charge < -0.3 is 9.47 Å². The number of nitrogens with zero attached hydrogens (tertiary/aromatic N) is 1. The van der Waals surface area contributed by atoms with Crippen LogP contribution in [0.25, 0.3) is 0 Å². The van der Waals surface area contributed by atoms with Gasteiger partial charge in [-0.05, 0) is 37.7 Å². The summed E-state index contributed by atoms with van der Waals surface area (Å²) in [5, 5.41) is 0. The molecule has 0 unspecified atom stereocenters. The number of likely N-dealkylation sites (tertiary alicyclic amines) is 1. The molecule has 0 bridgehead atoms. The normalized spacial score (nSPS) is 26.2. The molecule has 0 spiro atoms. The Labute approximate surface area is 120 Å². The third-order valence-corrected chi connectivity index (χ3v) is 4.23. The highest BCUT2D eigenvalue weighted by Gasteiger charge is 2.54. The van der Waals surface area contributed by atoms with Crippen LogP contribution in [0.4, 0.5) is 0 Å². The maximum atomic E-state index is 12.5. The van der Waals surface area contributed by atoms with Gasteiger partial charge >= 0.3 is 5.97 Å². The van der Waals surface area contributed by atoms with Crippen molar-refractivity contribution in [2.24, 2.45) is 5.92 Å². The maximum Gasteiger partial charge on any atom is 0.331 e. The Hall–Kier alpha value is -1.81. The summed E-state index contributed by atoms with van der Waals surface area (Å²) in [5.74, 6) is 0.561. The van der Waals surface area contributed by atoms with Crippen LogP contribution >= 0.6 is 0 Å². The molecule has 1 fully saturated rings. The van der Waals surface area contributed by atoms with Crippen LogP contribution < -0.4 is 4.74 Å². The van der Waals surface area contributed by atoms with E-state index in [2.05, 4.69) is 6.58 Å². The van der Waals surface area contributed by atoms with E-state index in [0.717, 1.165) is 24.3 Å². The van der Waals surface area contributed by atoms with Gasteiger partial charge in [-0.15, -0.1) is 6.58 Å². The zero-order valence-electron chi connectivity index (χ0n) is 12.3. The van der Waals surface area contributed by atoms with Crippen LogP contribution in [0.5, 0.6) is 5.75 Å². The van der Waals surface area contributed by atoms with Crippen molar-refractivity contribution < 1.29 is 14.3 Å². The summed E-state index contributed by atoms with van der Waals surface area (Å²) in [5.41, 5.74) is 0.123. The zero-order valence-corrected chi connectivity index (χ0v) is 12.3. The minimum Gasteiger partial charge on any atom is -0.497 e. The first-order valence-electron chi connectivity index (χ1n) is 6.68. The van der Waals surface area contributed by atoms with Gasteiger partial charge in [-0.1, -0.05) is 18.2 Å². The number of hydrogen-bond donors (Lipinski definition) is 0. The second-order valence-electron chi connectivity index (χ2n) is 5.04. The van der Waals surface area contributed by atoms with Crippen molar-refractivity contribution in [1.82, 2.24) is 4.90 Å². The molecule has 0 aromatic heterocycles. The predicted octanol–water partition coefficient (Wildman–Crippen LogP) is 2.20. The number of rotatable bonds is 4. The maximum absolute atomic E-state index is 12.5. The third-order valence-electron chi connectivity index (χ3n) is 4.23. The molecule has 0 aliphatic carbocycles. The molecule has 1 aromatic rings. The lowest BCUT2D eigenvalue weighted by Crippen LogP contribution is -2.50. The van der Waals surface area contributed by atoms with Gasteiger partial charge in [0.25, 0.3) is 0 Å². The van der Waals surface area contributed by atoms with E-state index in [4.69, 9.17) is 9.47 Å². The lowest BCUT2D eigenvalue weighted by molar-refractivity contribution is -0.155. The molecule has 1 saturated heterocycles.